The van der Waals surface area contributed by atoms with E-state index in [1.54, 1.807) is 37.4 Å². The third-order valence-corrected chi connectivity index (χ3v) is 14.3. The molecule has 74 heavy (non-hydrogen) atoms. The van der Waals surface area contributed by atoms with E-state index in [9.17, 15) is 48.3 Å². The molecule has 402 valence electrons. The Hall–Kier alpha value is -6.83. The zero-order valence-corrected chi connectivity index (χ0v) is 43.7. The molecule has 20 heteroatoms. The molecule has 0 aliphatic carbocycles. The fraction of sp³-hybridized carbons (Fsp3) is 0.574. The first-order valence-corrected chi connectivity index (χ1v) is 26.2. The van der Waals surface area contributed by atoms with E-state index < -0.39 is 114 Å². The van der Waals surface area contributed by atoms with Crippen LogP contribution in [0.25, 0.3) is 10.9 Å². The Morgan fingerprint density at radius 3 is 1.74 bits per heavy atom. The lowest BCUT2D eigenvalue weighted by Crippen LogP contribution is -2.62. The Bertz CT molecular complexity index is 2500. The number of hydrogen-bond acceptors (Lipinski definition) is 10. The van der Waals surface area contributed by atoms with Crippen molar-refractivity contribution in [3.05, 3.63) is 71.9 Å². The van der Waals surface area contributed by atoms with Gasteiger partial charge in [-0.15, -0.1) is 0 Å². The van der Waals surface area contributed by atoms with E-state index in [2.05, 4.69) is 42.2 Å². The summed E-state index contributed by atoms with van der Waals surface area (Å²) in [5.74, 6) is -6.82. The summed E-state index contributed by atoms with van der Waals surface area (Å²) >= 11 is 0. The quantitative estimate of drug-likeness (QED) is 0.134. The first kappa shape index (κ1) is 56.5. The number of H-pyrrole nitrogens is 1. The number of benzene rings is 2. The molecule has 0 spiro atoms. The molecule has 9 N–H and O–H groups in total. The summed E-state index contributed by atoms with van der Waals surface area (Å²) in [5.41, 5.74) is 2.15. The van der Waals surface area contributed by atoms with Gasteiger partial charge in [-0.25, -0.2) is 0 Å². The monoisotopic (exact) mass is 1020 g/mol. The lowest BCUT2D eigenvalue weighted by molar-refractivity contribution is -0.148. The van der Waals surface area contributed by atoms with Crippen LogP contribution in [0.1, 0.15) is 105 Å². The average molecular weight is 1030 g/mol. The number of nitrogens with zero attached hydrogens (tertiary/aromatic N) is 2. The van der Waals surface area contributed by atoms with Gasteiger partial charge in [0.25, 0.3) is 0 Å². The number of hydrogen-bond donors (Lipinski definition) is 9. The highest BCUT2D eigenvalue weighted by Gasteiger charge is 2.45. The summed E-state index contributed by atoms with van der Waals surface area (Å²) < 4.78 is 0. The predicted octanol–water partition coefficient (Wildman–Crippen LogP) is 1.49. The van der Waals surface area contributed by atoms with E-state index in [4.69, 9.17) is 0 Å². The summed E-state index contributed by atoms with van der Waals surface area (Å²) in [6, 6.07) is 6.73. The van der Waals surface area contributed by atoms with Crippen LogP contribution in [-0.2, 0) is 56.0 Å². The molecule has 3 aliphatic heterocycles. The van der Waals surface area contributed by atoms with Gasteiger partial charge < -0.3 is 57.1 Å². The van der Waals surface area contributed by atoms with Gasteiger partial charge in [0, 0.05) is 43.0 Å². The van der Waals surface area contributed by atoms with Crippen molar-refractivity contribution in [2.45, 2.75) is 161 Å². The summed E-state index contributed by atoms with van der Waals surface area (Å²) in [7, 11) is 0. The Labute approximate surface area is 433 Å². The van der Waals surface area contributed by atoms with Crippen LogP contribution in [-0.4, -0.2) is 147 Å². The first-order chi connectivity index (χ1) is 35.3. The van der Waals surface area contributed by atoms with Gasteiger partial charge in [0.15, 0.2) is 0 Å². The maximum Gasteiger partial charge on any atom is 0.246 e. The fourth-order valence-corrected chi connectivity index (χ4v) is 10.1. The number of para-hydroxylation sites is 1. The van der Waals surface area contributed by atoms with E-state index in [-0.39, 0.29) is 62.9 Å². The highest BCUT2D eigenvalue weighted by Crippen LogP contribution is 2.27. The molecule has 3 saturated heterocycles. The second-order valence-electron chi connectivity index (χ2n) is 21.0. The molecule has 20 nitrogen and oxygen atoms in total. The number of fused-ring (bicyclic) bond motifs is 3. The minimum atomic E-state index is -1.61. The molecule has 0 bridgehead atoms. The van der Waals surface area contributed by atoms with E-state index in [0.29, 0.717) is 36.8 Å². The molecule has 9 amide bonds. The largest absolute Gasteiger partial charge is 0.391 e. The van der Waals surface area contributed by atoms with E-state index in [1.165, 1.54) is 16.7 Å². The number of carbonyl (C=O) groups is 9. The van der Waals surface area contributed by atoms with Crippen molar-refractivity contribution in [2.24, 2.45) is 17.8 Å². The Morgan fingerprint density at radius 1 is 0.568 bits per heavy atom. The molecule has 10 atom stereocenters. The lowest BCUT2D eigenvalue weighted by Gasteiger charge is -2.34. The fourth-order valence-electron chi connectivity index (χ4n) is 10.1. The minimum Gasteiger partial charge on any atom is -0.391 e. The summed E-state index contributed by atoms with van der Waals surface area (Å²) in [6.07, 6.45) is 2.45. The Kier molecular flexibility index (Phi) is 19.8. The van der Waals surface area contributed by atoms with Crippen molar-refractivity contribution in [1.29, 1.82) is 0 Å². The van der Waals surface area contributed by atoms with Gasteiger partial charge in [-0.3, -0.25) is 43.2 Å². The molecule has 2 aromatic carbocycles. The van der Waals surface area contributed by atoms with Crippen LogP contribution in [0.2, 0.25) is 0 Å². The van der Waals surface area contributed by atoms with E-state index in [0.717, 1.165) is 10.9 Å². The Balaban J connectivity index is 1.40. The van der Waals surface area contributed by atoms with Crippen LogP contribution >= 0.6 is 0 Å². The number of carbonyl (C=O) groups excluding carboxylic acids is 9. The highest BCUT2D eigenvalue weighted by molar-refractivity contribution is 5.99. The molecule has 0 radical (unpaired) electrons. The topological polar surface area (TPSA) is 280 Å². The summed E-state index contributed by atoms with van der Waals surface area (Å²) in [4.78, 5) is 135. The van der Waals surface area contributed by atoms with Gasteiger partial charge in [-0.05, 0) is 80.4 Å². The van der Waals surface area contributed by atoms with Crippen LogP contribution in [0.3, 0.4) is 0 Å². The van der Waals surface area contributed by atoms with Gasteiger partial charge >= 0.3 is 0 Å². The van der Waals surface area contributed by atoms with Crippen molar-refractivity contribution in [3.63, 3.8) is 0 Å². The number of rotatable bonds is 11. The third-order valence-electron chi connectivity index (χ3n) is 14.3. The molecule has 0 saturated carbocycles. The summed E-state index contributed by atoms with van der Waals surface area (Å²) in [6.45, 7) is 12.2. The van der Waals surface area contributed by atoms with Crippen LogP contribution in [0.5, 0.6) is 0 Å². The predicted molar refractivity (Wildman–Crippen MR) is 276 cm³/mol. The number of aliphatic hydroxyl groups is 1. The van der Waals surface area contributed by atoms with E-state index >= 15 is 0 Å². The molecule has 3 fully saturated rings. The molecule has 6 rings (SSSR count). The SMILES string of the molecule is CCC(C)C1NC(=O)CNC(=O)C(CC(C)C)NC(=O)C(C(C)O)NC(=O)C(CC(C)C)NC(=O)C(Cc2c[nH]c3ccccc23)NC(=O)C(Cc2ccccc2)NC(=O)C2CCCN2C(=O)C2CCCN2C1=O. The molecular weight excluding hydrogens is 949 g/mol. The Morgan fingerprint density at radius 2 is 1.11 bits per heavy atom. The molecule has 3 aliphatic rings. The average Bonchev–Trinajstić information content (AvgIpc) is 4.16. The maximum absolute atomic E-state index is 14.8. The van der Waals surface area contributed by atoms with Gasteiger partial charge in [-0.1, -0.05) is 96.5 Å². The third kappa shape index (κ3) is 14.5. The first-order valence-electron chi connectivity index (χ1n) is 26.2. The highest BCUT2D eigenvalue weighted by atomic mass is 16.3. The molecule has 10 unspecified atom stereocenters. The minimum absolute atomic E-state index is 0.00838. The lowest BCUT2D eigenvalue weighted by atomic mass is 9.97. The molecule has 3 aromatic rings. The number of amides is 9. The smallest absolute Gasteiger partial charge is 0.246 e. The number of nitrogens with one attached hydrogen (secondary N) is 8. The number of aromatic amines is 1. The zero-order chi connectivity index (χ0) is 53.8. The summed E-state index contributed by atoms with van der Waals surface area (Å²) in [5, 5.41) is 30.9. The van der Waals surface area contributed by atoms with Gasteiger partial charge in [-0.2, -0.15) is 0 Å². The standard InChI is InChI=1S/C54H76N10O10/c1-8-32(6)45-54(74)64-23-15-21-43(64)53(73)63-22-14-20-42(63)51(71)59-40(26-34-16-10-9-11-17-34)48(68)58-41(27-35-28-55-37-19-13-12-18-36(35)37)49(69)57-39(25-31(4)5)50(70)62-46(33(7)65)52(72)60-38(24-30(2)3)47(67)56-29-44(66)61-45/h9-13,16-19,28,30-33,38-43,45-46,55,65H,8,14-15,20-27,29H2,1-7H3,(H,56,67)(H,57,69)(H,58,68)(H,59,71)(H,60,72)(H,61,66)(H,62,70). The second-order valence-corrected chi connectivity index (χ2v) is 21.0. The van der Waals surface area contributed by atoms with Gasteiger partial charge in [0.2, 0.25) is 53.2 Å². The van der Waals surface area contributed by atoms with Crippen molar-refractivity contribution in [1.82, 2.24) is 52.0 Å². The van der Waals surface area contributed by atoms with Crippen LogP contribution < -0.4 is 37.2 Å². The van der Waals surface area contributed by atoms with Crippen molar-refractivity contribution >= 4 is 64.1 Å². The van der Waals surface area contributed by atoms with Crippen molar-refractivity contribution < 1.29 is 48.3 Å². The second kappa shape index (κ2) is 25.9. The van der Waals surface area contributed by atoms with Crippen molar-refractivity contribution in [2.75, 3.05) is 19.6 Å². The zero-order valence-electron chi connectivity index (χ0n) is 43.7. The van der Waals surface area contributed by atoms with Gasteiger partial charge in [0.05, 0.1) is 12.6 Å². The number of aliphatic hydroxyl groups excluding tert-OH is 1. The normalized spacial score (nSPS) is 26.5. The van der Waals surface area contributed by atoms with Crippen LogP contribution in [0.4, 0.5) is 0 Å². The molecule has 4 heterocycles. The van der Waals surface area contributed by atoms with Crippen molar-refractivity contribution in [3.8, 4) is 0 Å². The van der Waals surface area contributed by atoms with Crippen LogP contribution in [0.15, 0.2) is 60.8 Å². The maximum atomic E-state index is 14.8. The molecule has 1 aromatic heterocycles. The molecular formula is C54H76N10O10. The van der Waals surface area contributed by atoms with Gasteiger partial charge in [0.1, 0.15) is 48.3 Å². The van der Waals surface area contributed by atoms with E-state index in [1.807, 2.05) is 65.0 Å². The number of aromatic nitrogens is 1. The van der Waals surface area contributed by atoms with Crippen LogP contribution in [0, 0.1) is 17.8 Å².